The topological polar surface area (TPSA) is 55.6 Å². The summed E-state index contributed by atoms with van der Waals surface area (Å²) in [5.74, 6) is -0.172. The van der Waals surface area contributed by atoms with Crippen LogP contribution in [0.1, 0.15) is 6.42 Å². The Morgan fingerprint density at radius 1 is 1.75 bits per heavy atom. The van der Waals surface area contributed by atoms with Crippen molar-refractivity contribution in [2.75, 3.05) is 33.8 Å². The van der Waals surface area contributed by atoms with E-state index < -0.39 is 5.41 Å². The van der Waals surface area contributed by atoms with Gasteiger partial charge >= 0.3 is 5.97 Å². The van der Waals surface area contributed by atoms with Gasteiger partial charge in [-0.1, -0.05) is 0 Å². The van der Waals surface area contributed by atoms with Gasteiger partial charge in [-0.05, 0) is 20.0 Å². The van der Waals surface area contributed by atoms with Crippen LogP contribution in [0.2, 0.25) is 0 Å². The predicted octanol–water partition coefficient (Wildman–Crippen LogP) is -0.560. The molecule has 1 atom stereocenters. The maximum Gasteiger partial charge on any atom is 0.314 e. The van der Waals surface area contributed by atoms with Gasteiger partial charge in [0.1, 0.15) is 0 Å². The van der Waals surface area contributed by atoms with E-state index in [2.05, 4.69) is 4.90 Å². The number of hydrogen-bond donors (Lipinski definition) is 1. The van der Waals surface area contributed by atoms with E-state index in [-0.39, 0.29) is 5.97 Å². The Labute approximate surface area is 72.7 Å². The Kier molecular flexibility index (Phi) is 2.69. The molecule has 1 rings (SSSR count). The quantitative estimate of drug-likeness (QED) is 0.567. The lowest BCUT2D eigenvalue weighted by Crippen LogP contribution is -2.41. The van der Waals surface area contributed by atoms with E-state index >= 15 is 0 Å². The Morgan fingerprint density at radius 3 is 2.75 bits per heavy atom. The lowest BCUT2D eigenvalue weighted by atomic mass is 9.87. The molecule has 0 bridgehead atoms. The van der Waals surface area contributed by atoms with Crippen molar-refractivity contribution >= 4 is 5.97 Å². The Morgan fingerprint density at radius 2 is 2.42 bits per heavy atom. The number of methoxy groups -OCH3 is 1. The summed E-state index contributed by atoms with van der Waals surface area (Å²) in [6, 6.07) is 0. The fraction of sp³-hybridized carbons (Fsp3) is 0.875. The van der Waals surface area contributed by atoms with Gasteiger partial charge in [0.05, 0.1) is 12.5 Å². The average Bonchev–Trinajstić information content (AvgIpc) is 2.47. The summed E-state index contributed by atoms with van der Waals surface area (Å²) < 4.78 is 4.73. The van der Waals surface area contributed by atoms with Crippen LogP contribution in [0.3, 0.4) is 0 Å². The van der Waals surface area contributed by atoms with Crippen molar-refractivity contribution in [1.82, 2.24) is 4.90 Å². The molecule has 12 heavy (non-hydrogen) atoms. The van der Waals surface area contributed by atoms with E-state index in [1.165, 1.54) is 7.11 Å². The van der Waals surface area contributed by atoms with E-state index in [0.29, 0.717) is 6.54 Å². The SMILES string of the molecule is COC(=O)C1(CN)CCN(C)C1. The second kappa shape index (κ2) is 3.41. The van der Waals surface area contributed by atoms with E-state index in [1.54, 1.807) is 0 Å². The van der Waals surface area contributed by atoms with E-state index in [4.69, 9.17) is 10.5 Å². The van der Waals surface area contributed by atoms with Crippen LogP contribution in [-0.4, -0.2) is 44.7 Å². The normalized spacial score (nSPS) is 30.6. The number of carbonyl (C=O) groups excluding carboxylic acids is 1. The highest BCUT2D eigenvalue weighted by Crippen LogP contribution is 2.29. The zero-order chi connectivity index (χ0) is 9.19. The van der Waals surface area contributed by atoms with Crippen LogP contribution in [-0.2, 0) is 9.53 Å². The molecule has 1 aliphatic rings. The minimum atomic E-state index is -0.441. The first-order valence-electron chi connectivity index (χ1n) is 4.12. The Bertz CT molecular complexity index is 184. The number of nitrogens with zero attached hydrogens (tertiary/aromatic N) is 1. The summed E-state index contributed by atoms with van der Waals surface area (Å²) in [5, 5.41) is 0. The van der Waals surface area contributed by atoms with Crippen molar-refractivity contribution in [2.24, 2.45) is 11.1 Å². The third kappa shape index (κ3) is 1.44. The molecule has 1 aliphatic heterocycles. The smallest absolute Gasteiger partial charge is 0.314 e. The number of esters is 1. The summed E-state index contributed by atoms with van der Waals surface area (Å²) in [4.78, 5) is 13.5. The molecule has 0 aliphatic carbocycles. The molecule has 1 heterocycles. The molecule has 0 aromatic heterocycles. The summed E-state index contributed by atoms with van der Waals surface area (Å²) in [7, 11) is 3.40. The van der Waals surface area contributed by atoms with Crippen LogP contribution in [0.5, 0.6) is 0 Å². The van der Waals surface area contributed by atoms with Crippen molar-refractivity contribution in [3.05, 3.63) is 0 Å². The van der Waals surface area contributed by atoms with Gasteiger partial charge < -0.3 is 15.4 Å². The highest BCUT2D eigenvalue weighted by molar-refractivity contribution is 5.77. The first-order valence-corrected chi connectivity index (χ1v) is 4.12. The summed E-state index contributed by atoms with van der Waals surface area (Å²) >= 11 is 0. The zero-order valence-electron chi connectivity index (χ0n) is 7.67. The highest BCUT2D eigenvalue weighted by Gasteiger charge is 2.43. The van der Waals surface area contributed by atoms with Crippen LogP contribution in [0.25, 0.3) is 0 Å². The number of hydrogen-bond acceptors (Lipinski definition) is 4. The lowest BCUT2D eigenvalue weighted by Gasteiger charge is -2.23. The average molecular weight is 172 g/mol. The van der Waals surface area contributed by atoms with Crippen LogP contribution in [0.15, 0.2) is 0 Å². The van der Waals surface area contributed by atoms with E-state index in [9.17, 15) is 4.79 Å². The second-order valence-electron chi connectivity index (χ2n) is 3.46. The zero-order valence-corrected chi connectivity index (χ0v) is 7.67. The van der Waals surface area contributed by atoms with Crippen molar-refractivity contribution in [1.29, 1.82) is 0 Å². The molecule has 0 aromatic rings. The largest absolute Gasteiger partial charge is 0.469 e. The van der Waals surface area contributed by atoms with Crippen LogP contribution in [0.4, 0.5) is 0 Å². The monoisotopic (exact) mass is 172 g/mol. The van der Waals surface area contributed by atoms with Gasteiger partial charge in [-0.15, -0.1) is 0 Å². The molecular weight excluding hydrogens is 156 g/mol. The highest BCUT2D eigenvalue weighted by atomic mass is 16.5. The van der Waals surface area contributed by atoms with Crippen molar-refractivity contribution in [3.63, 3.8) is 0 Å². The number of nitrogens with two attached hydrogens (primary N) is 1. The van der Waals surface area contributed by atoms with Gasteiger partial charge in [0.15, 0.2) is 0 Å². The molecule has 0 amide bonds. The molecule has 4 heteroatoms. The maximum atomic E-state index is 11.4. The number of ether oxygens (including phenoxy) is 1. The van der Waals surface area contributed by atoms with Crippen molar-refractivity contribution in [3.8, 4) is 0 Å². The molecule has 2 N–H and O–H groups in total. The molecule has 0 aromatic carbocycles. The van der Waals surface area contributed by atoms with Gasteiger partial charge in [0.25, 0.3) is 0 Å². The fourth-order valence-electron chi connectivity index (χ4n) is 1.71. The minimum Gasteiger partial charge on any atom is -0.469 e. The number of likely N-dealkylation sites (tertiary alicyclic amines) is 1. The summed E-state index contributed by atoms with van der Waals surface area (Å²) in [5.41, 5.74) is 5.14. The van der Waals surface area contributed by atoms with Gasteiger partial charge in [-0.25, -0.2) is 0 Å². The summed E-state index contributed by atoms with van der Waals surface area (Å²) in [6.07, 6.45) is 0.812. The van der Waals surface area contributed by atoms with Crippen LogP contribution < -0.4 is 5.73 Å². The maximum absolute atomic E-state index is 11.4. The van der Waals surface area contributed by atoms with Gasteiger partial charge in [0.2, 0.25) is 0 Å². The lowest BCUT2D eigenvalue weighted by molar-refractivity contribution is -0.151. The molecular formula is C8H16N2O2. The van der Waals surface area contributed by atoms with Gasteiger partial charge in [-0.3, -0.25) is 4.79 Å². The second-order valence-corrected chi connectivity index (χ2v) is 3.46. The molecule has 0 radical (unpaired) electrons. The van der Waals surface area contributed by atoms with E-state index in [0.717, 1.165) is 19.5 Å². The van der Waals surface area contributed by atoms with Crippen LogP contribution in [0, 0.1) is 5.41 Å². The fourth-order valence-corrected chi connectivity index (χ4v) is 1.71. The van der Waals surface area contributed by atoms with Gasteiger partial charge in [-0.2, -0.15) is 0 Å². The number of rotatable bonds is 2. The van der Waals surface area contributed by atoms with Crippen LogP contribution >= 0.6 is 0 Å². The molecule has 0 saturated carbocycles. The van der Waals surface area contributed by atoms with Crippen molar-refractivity contribution in [2.45, 2.75) is 6.42 Å². The third-order valence-corrected chi connectivity index (χ3v) is 2.55. The molecule has 0 spiro atoms. The predicted molar refractivity (Wildman–Crippen MR) is 45.6 cm³/mol. The molecule has 1 fully saturated rings. The molecule has 1 unspecified atom stereocenters. The molecule has 70 valence electrons. The first-order chi connectivity index (χ1) is 5.64. The first kappa shape index (κ1) is 9.48. The van der Waals surface area contributed by atoms with Crippen molar-refractivity contribution < 1.29 is 9.53 Å². The van der Waals surface area contributed by atoms with Gasteiger partial charge in [0, 0.05) is 13.1 Å². The standard InChI is InChI=1S/C8H16N2O2/c1-10-4-3-8(5-9,6-10)7(11)12-2/h3-6,9H2,1-2H3. The third-order valence-electron chi connectivity index (χ3n) is 2.55. The number of carbonyl (C=O) groups is 1. The Balaban J connectivity index is 2.70. The summed E-state index contributed by atoms with van der Waals surface area (Å²) in [6.45, 7) is 2.02. The Hall–Kier alpha value is -0.610. The molecule has 1 saturated heterocycles. The van der Waals surface area contributed by atoms with E-state index in [1.807, 2.05) is 7.05 Å². The molecule has 4 nitrogen and oxygen atoms in total. The minimum absolute atomic E-state index is 0.172.